The Hall–Kier alpha value is -1.61. The molecule has 1 aromatic heterocycles. The maximum absolute atomic E-state index is 12.5. The fraction of sp³-hybridized carbons (Fsp3) is 0.500. The second-order valence-corrected chi connectivity index (χ2v) is 6.45. The summed E-state index contributed by atoms with van der Waals surface area (Å²) in [6, 6.07) is 6.18. The Morgan fingerprint density at radius 1 is 1.10 bits per heavy atom. The van der Waals surface area contributed by atoms with Crippen LogP contribution in [-0.4, -0.2) is 17.7 Å². The van der Waals surface area contributed by atoms with Crippen LogP contribution in [0.5, 0.6) is 0 Å². The lowest BCUT2D eigenvalue weighted by Crippen LogP contribution is -2.32. The summed E-state index contributed by atoms with van der Waals surface area (Å²) in [5.41, 5.74) is 4.83. The van der Waals surface area contributed by atoms with E-state index in [9.17, 15) is 4.79 Å². The van der Waals surface area contributed by atoms with Crippen molar-refractivity contribution in [3.63, 3.8) is 0 Å². The topological polar surface area (TPSA) is 34.0 Å². The molecule has 0 aliphatic carbocycles. The Bertz CT molecular complexity index is 724. The molecular formula is C18H24N2O. The second-order valence-electron chi connectivity index (χ2n) is 6.45. The van der Waals surface area contributed by atoms with Gasteiger partial charge in [-0.1, -0.05) is 11.6 Å². The first-order valence-electron chi connectivity index (χ1n) is 7.88. The van der Waals surface area contributed by atoms with Crippen LogP contribution in [0.3, 0.4) is 0 Å². The van der Waals surface area contributed by atoms with Gasteiger partial charge in [0.15, 0.2) is 0 Å². The van der Waals surface area contributed by atoms with Gasteiger partial charge in [-0.3, -0.25) is 4.79 Å². The Kier molecular flexibility index (Phi) is 3.85. The second kappa shape index (κ2) is 5.64. The largest absolute Gasteiger partial charge is 0.317 e. The molecule has 2 heterocycles. The van der Waals surface area contributed by atoms with Gasteiger partial charge in [0.2, 0.25) is 0 Å². The molecule has 0 amide bonds. The summed E-state index contributed by atoms with van der Waals surface area (Å²) < 4.78 is 2.01. The first-order valence-corrected chi connectivity index (χ1v) is 7.88. The van der Waals surface area contributed by atoms with Crippen LogP contribution in [-0.2, 0) is 6.54 Å². The predicted molar refractivity (Wildman–Crippen MR) is 88.0 cm³/mol. The lowest BCUT2D eigenvalue weighted by molar-refractivity contribution is 0.333. The summed E-state index contributed by atoms with van der Waals surface area (Å²) in [5, 5.41) is 4.62. The van der Waals surface area contributed by atoms with Gasteiger partial charge in [0, 0.05) is 18.0 Å². The van der Waals surface area contributed by atoms with Crippen LogP contribution in [0.25, 0.3) is 10.9 Å². The number of fused-ring (bicyclic) bond motifs is 1. The number of aromatic nitrogens is 1. The predicted octanol–water partition coefficient (Wildman–Crippen LogP) is 2.93. The van der Waals surface area contributed by atoms with Gasteiger partial charge < -0.3 is 9.88 Å². The molecule has 3 nitrogen and oxygen atoms in total. The Morgan fingerprint density at radius 2 is 1.81 bits per heavy atom. The van der Waals surface area contributed by atoms with E-state index in [1.165, 1.54) is 16.5 Å². The molecule has 3 heteroatoms. The van der Waals surface area contributed by atoms with Gasteiger partial charge >= 0.3 is 0 Å². The number of aryl methyl sites for hydroxylation is 3. The number of benzene rings is 1. The van der Waals surface area contributed by atoms with Gasteiger partial charge in [0.25, 0.3) is 5.56 Å². The van der Waals surface area contributed by atoms with Crippen molar-refractivity contribution in [1.29, 1.82) is 0 Å². The third-order valence-electron chi connectivity index (χ3n) is 4.65. The highest BCUT2D eigenvalue weighted by molar-refractivity contribution is 5.86. The summed E-state index contributed by atoms with van der Waals surface area (Å²) in [5.74, 6) is 0.607. The minimum Gasteiger partial charge on any atom is -0.317 e. The van der Waals surface area contributed by atoms with Crippen LogP contribution in [0.4, 0.5) is 0 Å². The average molecular weight is 284 g/mol. The standard InChI is InChI=1S/C18H24N2O/c1-12-8-14(3)18-16(9-12)13(2)10-17(21)20(18)11-15-4-6-19-7-5-15/h8-10,15,19H,4-7,11H2,1-3H3. The molecule has 3 rings (SSSR count). The van der Waals surface area contributed by atoms with E-state index in [1.807, 2.05) is 11.5 Å². The summed E-state index contributed by atoms with van der Waals surface area (Å²) in [4.78, 5) is 12.5. The van der Waals surface area contributed by atoms with Gasteiger partial charge in [-0.25, -0.2) is 0 Å². The molecule has 21 heavy (non-hydrogen) atoms. The third-order valence-corrected chi connectivity index (χ3v) is 4.65. The minimum atomic E-state index is 0.144. The molecule has 1 N–H and O–H groups in total. The summed E-state index contributed by atoms with van der Waals surface area (Å²) >= 11 is 0. The smallest absolute Gasteiger partial charge is 0.251 e. The van der Waals surface area contributed by atoms with Crippen molar-refractivity contribution in [3.05, 3.63) is 45.2 Å². The van der Waals surface area contributed by atoms with Gasteiger partial charge in [-0.05, 0) is 69.8 Å². The number of hydrogen-bond donors (Lipinski definition) is 1. The molecule has 1 saturated heterocycles. The monoisotopic (exact) mass is 284 g/mol. The zero-order valence-electron chi connectivity index (χ0n) is 13.2. The molecule has 1 aliphatic rings. The van der Waals surface area contributed by atoms with E-state index in [4.69, 9.17) is 0 Å². The normalized spacial score (nSPS) is 16.5. The zero-order chi connectivity index (χ0) is 15.0. The van der Waals surface area contributed by atoms with Crippen molar-refractivity contribution in [2.24, 2.45) is 5.92 Å². The quantitative estimate of drug-likeness (QED) is 0.920. The molecule has 112 valence electrons. The molecule has 0 radical (unpaired) electrons. The van der Waals surface area contributed by atoms with Gasteiger partial charge in [0.05, 0.1) is 5.52 Å². The van der Waals surface area contributed by atoms with Crippen LogP contribution >= 0.6 is 0 Å². The number of nitrogens with one attached hydrogen (secondary N) is 1. The summed E-state index contributed by atoms with van der Waals surface area (Å²) in [7, 11) is 0. The maximum atomic E-state index is 12.5. The van der Waals surface area contributed by atoms with E-state index < -0.39 is 0 Å². The van der Waals surface area contributed by atoms with Crippen LogP contribution in [0.15, 0.2) is 23.0 Å². The van der Waals surface area contributed by atoms with E-state index in [0.29, 0.717) is 5.92 Å². The number of rotatable bonds is 2. The molecule has 1 aromatic carbocycles. The van der Waals surface area contributed by atoms with Crippen molar-refractivity contribution < 1.29 is 0 Å². The van der Waals surface area contributed by atoms with Crippen molar-refractivity contribution in [2.45, 2.75) is 40.2 Å². The third kappa shape index (κ3) is 2.75. The number of hydrogen-bond acceptors (Lipinski definition) is 2. The zero-order valence-corrected chi connectivity index (χ0v) is 13.2. The van der Waals surface area contributed by atoms with Gasteiger partial charge in [-0.2, -0.15) is 0 Å². The highest BCUT2D eigenvalue weighted by atomic mass is 16.1. The molecule has 1 aliphatic heterocycles. The maximum Gasteiger partial charge on any atom is 0.251 e. The molecule has 2 aromatic rings. The lowest BCUT2D eigenvalue weighted by atomic mass is 9.97. The summed E-state index contributed by atoms with van der Waals surface area (Å²) in [6.45, 7) is 9.27. The van der Waals surface area contributed by atoms with Gasteiger partial charge in [0.1, 0.15) is 0 Å². The first-order chi connectivity index (χ1) is 10.1. The Morgan fingerprint density at radius 3 is 2.52 bits per heavy atom. The SMILES string of the molecule is Cc1cc(C)c2c(c1)c(C)cc(=O)n2CC1CCNCC1. The molecule has 1 fully saturated rings. The van der Waals surface area contributed by atoms with E-state index in [0.717, 1.165) is 43.6 Å². The van der Waals surface area contributed by atoms with Crippen LogP contribution in [0.1, 0.15) is 29.5 Å². The fourth-order valence-electron chi connectivity index (χ4n) is 3.57. The molecule has 0 atom stereocenters. The number of piperidine rings is 1. The Labute approximate surface area is 126 Å². The molecule has 0 bridgehead atoms. The van der Waals surface area contributed by atoms with E-state index >= 15 is 0 Å². The highest BCUT2D eigenvalue weighted by Gasteiger charge is 2.17. The lowest BCUT2D eigenvalue weighted by Gasteiger charge is -2.25. The Balaban J connectivity index is 2.14. The number of pyridine rings is 1. The molecule has 0 saturated carbocycles. The molecule has 0 unspecified atom stereocenters. The van der Waals surface area contributed by atoms with Crippen molar-refractivity contribution in [3.8, 4) is 0 Å². The van der Waals surface area contributed by atoms with Crippen LogP contribution < -0.4 is 10.9 Å². The van der Waals surface area contributed by atoms with Crippen molar-refractivity contribution in [2.75, 3.05) is 13.1 Å². The van der Waals surface area contributed by atoms with Crippen molar-refractivity contribution >= 4 is 10.9 Å². The van der Waals surface area contributed by atoms with Crippen molar-refractivity contribution in [1.82, 2.24) is 9.88 Å². The first kappa shape index (κ1) is 14.3. The minimum absolute atomic E-state index is 0.144. The molecule has 0 spiro atoms. The number of nitrogens with zero attached hydrogens (tertiary/aromatic N) is 1. The molecular weight excluding hydrogens is 260 g/mol. The fourth-order valence-corrected chi connectivity index (χ4v) is 3.57. The van der Waals surface area contributed by atoms with E-state index in [1.54, 1.807) is 6.07 Å². The van der Waals surface area contributed by atoms with E-state index in [2.05, 4.69) is 31.3 Å². The van der Waals surface area contributed by atoms with E-state index in [-0.39, 0.29) is 5.56 Å². The van der Waals surface area contributed by atoms with Gasteiger partial charge in [-0.15, -0.1) is 0 Å². The average Bonchev–Trinajstić information content (AvgIpc) is 2.44. The summed E-state index contributed by atoms with van der Waals surface area (Å²) in [6.07, 6.45) is 2.32. The highest BCUT2D eigenvalue weighted by Crippen LogP contribution is 2.24. The van der Waals surface area contributed by atoms with Crippen LogP contribution in [0.2, 0.25) is 0 Å². The van der Waals surface area contributed by atoms with Crippen LogP contribution in [0, 0.1) is 26.7 Å².